The van der Waals surface area contributed by atoms with Crippen molar-refractivity contribution in [2.24, 2.45) is 5.11 Å². The van der Waals surface area contributed by atoms with Gasteiger partial charge in [-0.25, -0.2) is 0 Å². The summed E-state index contributed by atoms with van der Waals surface area (Å²) in [7, 11) is 0. The van der Waals surface area contributed by atoms with Crippen LogP contribution in [0, 0.1) is 11.8 Å². The second kappa shape index (κ2) is 4.70. The Morgan fingerprint density at radius 2 is 2.62 bits per heavy atom. The first kappa shape index (κ1) is 8.97. The second-order valence-electron chi connectivity index (χ2n) is 2.20. The highest BCUT2D eigenvalue weighted by atomic mass is 15.1. The molecule has 0 saturated carbocycles. The third kappa shape index (κ3) is 2.77. The Morgan fingerprint density at radius 1 is 1.77 bits per heavy atom. The van der Waals surface area contributed by atoms with Crippen molar-refractivity contribution in [3.8, 4) is 11.8 Å². The predicted molar refractivity (Wildman–Crippen MR) is 48.5 cm³/mol. The Balaban J connectivity index is 2.48. The summed E-state index contributed by atoms with van der Waals surface area (Å²) in [6.45, 7) is 0.376. The van der Waals surface area contributed by atoms with Gasteiger partial charge in [-0.1, -0.05) is 17.0 Å². The molecule has 6 nitrogen and oxygen atoms in total. The molecule has 1 rings (SSSR count). The number of aromatic amines is 1. The molecule has 0 unspecified atom stereocenters. The molecule has 0 amide bonds. The Morgan fingerprint density at radius 3 is 3.23 bits per heavy atom. The molecule has 1 aromatic heterocycles. The van der Waals surface area contributed by atoms with Crippen molar-refractivity contribution in [2.75, 3.05) is 12.3 Å². The smallest absolute Gasteiger partial charge is 0.134 e. The van der Waals surface area contributed by atoms with Gasteiger partial charge in [0, 0.05) is 17.9 Å². The number of aromatic nitrogens is 2. The van der Waals surface area contributed by atoms with Gasteiger partial charge in [0.2, 0.25) is 0 Å². The molecule has 13 heavy (non-hydrogen) atoms. The average molecular weight is 176 g/mol. The molecule has 0 atom stereocenters. The maximum absolute atomic E-state index is 7.97. The van der Waals surface area contributed by atoms with E-state index in [0.717, 1.165) is 0 Å². The van der Waals surface area contributed by atoms with Crippen molar-refractivity contribution >= 4 is 5.82 Å². The number of nitrogens with two attached hydrogens (primary N) is 1. The first-order valence-corrected chi connectivity index (χ1v) is 3.63. The standard InChI is InChI=1S/C7H8N6/c8-7-6(5-11-12-7)3-1-2-4-10-13-9/h5H,2,4H2,(H3,8,11,12). The maximum atomic E-state index is 7.97. The van der Waals surface area contributed by atoms with Gasteiger partial charge in [-0.15, -0.1) is 0 Å². The Kier molecular flexibility index (Phi) is 3.24. The van der Waals surface area contributed by atoms with Crippen molar-refractivity contribution in [3.05, 3.63) is 22.2 Å². The van der Waals surface area contributed by atoms with Crippen LogP contribution in [0.4, 0.5) is 5.82 Å². The number of nitrogen functional groups attached to an aromatic ring is 1. The fraction of sp³-hybridized carbons (Fsp3) is 0.286. The van der Waals surface area contributed by atoms with E-state index >= 15 is 0 Å². The van der Waals surface area contributed by atoms with Crippen LogP contribution in [0.1, 0.15) is 12.0 Å². The molecule has 66 valence electrons. The molecular weight excluding hydrogens is 168 g/mol. The summed E-state index contributed by atoms with van der Waals surface area (Å²) in [5.41, 5.74) is 14.1. The molecule has 3 N–H and O–H groups in total. The first-order valence-electron chi connectivity index (χ1n) is 3.63. The van der Waals surface area contributed by atoms with Crippen LogP contribution < -0.4 is 5.73 Å². The lowest BCUT2D eigenvalue weighted by atomic mass is 10.3. The average Bonchev–Trinajstić information content (AvgIpc) is 2.52. The van der Waals surface area contributed by atoms with Gasteiger partial charge in [0.1, 0.15) is 5.82 Å². The summed E-state index contributed by atoms with van der Waals surface area (Å²) in [5.74, 6) is 6.06. The van der Waals surface area contributed by atoms with E-state index in [1.54, 1.807) is 6.20 Å². The fourth-order valence-corrected chi connectivity index (χ4v) is 0.704. The largest absolute Gasteiger partial charge is 0.383 e. The zero-order chi connectivity index (χ0) is 9.52. The lowest BCUT2D eigenvalue weighted by Gasteiger charge is -1.83. The minimum absolute atomic E-state index is 0.376. The number of nitrogens with one attached hydrogen (secondary N) is 1. The van der Waals surface area contributed by atoms with Gasteiger partial charge in [-0.05, 0) is 5.53 Å². The van der Waals surface area contributed by atoms with Crippen molar-refractivity contribution in [1.29, 1.82) is 0 Å². The quantitative estimate of drug-likeness (QED) is 0.231. The third-order valence-corrected chi connectivity index (χ3v) is 1.29. The first-order chi connectivity index (χ1) is 6.34. The molecular formula is C7H8N6. The fourth-order valence-electron chi connectivity index (χ4n) is 0.704. The van der Waals surface area contributed by atoms with Crippen LogP contribution >= 0.6 is 0 Å². The maximum Gasteiger partial charge on any atom is 0.134 e. The minimum Gasteiger partial charge on any atom is -0.383 e. The summed E-state index contributed by atoms with van der Waals surface area (Å²) in [5, 5.41) is 9.60. The number of H-pyrrole nitrogens is 1. The number of nitrogens with zero attached hydrogens (tertiary/aromatic N) is 4. The van der Waals surface area contributed by atoms with Crippen LogP contribution in [0.2, 0.25) is 0 Å². The second-order valence-corrected chi connectivity index (χ2v) is 2.20. The van der Waals surface area contributed by atoms with Gasteiger partial charge in [0.25, 0.3) is 0 Å². The van der Waals surface area contributed by atoms with Gasteiger partial charge in [0.05, 0.1) is 11.8 Å². The summed E-state index contributed by atoms with van der Waals surface area (Å²) in [6.07, 6.45) is 2.07. The van der Waals surface area contributed by atoms with Crippen molar-refractivity contribution < 1.29 is 0 Å². The molecule has 0 aliphatic rings. The van der Waals surface area contributed by atoms with Gasteiger partial charge in [-0.2, -0.15) is 5.10 Å². The molecule has 0 aromatic carbocycles. The van der Waals surface area contributed by atoms with Crippen molar-refractivity contribution in [1.82, 2.24) is 10.2 Å². The minimum atomic E-state index is 0.376. The van der Waals surface area contributed by atoms with Crippen LogP contribution in [-0.2, 0) is 0 Å². The van der Waals surface area contributed by atoms with Gasteiger partial charge < -0.3 is 5.73 Å². The summed E-state index contributed by atoms with van der Waals surface area (Å²) < 4.78 is 0. The van der Waals surface area contributed by atoms with E-state index in [9.17, 15) is 0 Å². The summed E-state index contributed by atoms with van der Waals surface area (Å²) in [4.78, 5) is 2.60. The highest BCUT2D eigenvalue weighted by Crippen LogP contribution is 2.02. The molecule has 0 aliphatic heterocycles. The monoisotopic (exact) mass is 176 g/mol. The highest BCUT2D eigenvalue weighted by Gasteiger charge is 1.93. The molecule has 0 bridgehead atoms. The number of anilines is 1. The van der Waals surface area contributed by atoms with E-state index in [1.807, 2.05) is 0 Å². The molecule has 0 aliphatic carbocycles. The van der Waals surface area contributed by atoms with E-state index in [1.165, 1.54) is 0 Å². The summed E-state index contributed by atoms with van der Waals surface area (Å²) >= 11 is 0. The molecule has 1 aromatic rings. The lowest BCUT2D eigenvalue weighted by Crippen LogP contribution is -1.86. The van der Waals surface area contributed by atoms with Crippen LogP contribution in [0.3, 0.4) is 0 Å². The zero-order valence-corrected chi connectivity index (χ0v) is 6.86. The van der Waals surface area contributed by atoms with Gasteiger partial charge >= 0.3 is 0 Å². The Labute approximate surface area is 74.8 Å². The van der Waals surface area contributed by atoms with Crippen LogP contribution in [0.25, 0.3) is 10.4 Å². The summed E-state index contributed by atoms with van der Waals surface area (Å²) in [6, 6.07) is 0. The molecule has 0 saturated heterocycles. The number of rotatable bonds is 2. The molecule has 6 heteroatoms. The van der Waals surface area contributed by atoms with Crippen LogP contribution in [0.5, 0.6) is 0 Å². The normalized spacial score (nSPS) is 8.31. The molecule has 0 spiro atoms. The predicted octanol–water partition coefficient (Wildman–Crippen LogP) is 1.04. The SMILES string of the molecule is [N-]=[N+]=NCCC#Cc1cn[nH]c1N. The third-order valence-electron chi connectivity index (χ3n) is 1.29. The highest BCUT2D eigenvalue weighted by molar-refractivity contribution is 5.48. The van der Waals surface area contributed by atoms with Crippen LogP contribution in [-0.4, -0.2) is 16.7 Å². The van der Waals surface area contributed by atoms with E-state index in [-0.39, 0.29) is 0 Å². The lowest BCUT2D eigenvalue weighted by molar-refractivity contribution is 1.01. The molecule has 0 radical (unpaired) electrons. The van der Waals surface area contributed by atoms with E-state index < -0.39 is 0 Å². The van der Waals surface area contributed by atoms with E-state index in [0.29, 0.717) is 24.3 Å². The van der Waals surface area contributed by atoms with Crippen molar-refractivity contribution in [2.45, 2.75) is 6.42 Å². The molecule has 1 heterocycles. The van der Waals surface area contributed by atoms with Crippen molar-refractivity contribution in [3.63, 3.8) is 0 Å². The van der Waals surface area contributed by atoms with E-state index in [4.69, 9.17) is 11.3 Å². The number of azide groups is 1. The van der Waals surface area contributed by atoms with Crippen LogP contribution in [0.15, 0.2) is 11.3 Å². The number of hydrogen-bond donors (Lipinski definition) is 2. The zero-order valence-electron chi connectivity index (χ0n) is 6.86. The van der Waals surface area contributed by atoms with E-state index in [2.05, 4.69) is 32.1 Å². The number of hydrogen-bond acceptors (Lipinski definition) is 3. The topological polar surface area (TPSA) is 103 Å². The Hall–Kier alpha value is -2.12. The Bertz CT molecular complexity index is 375. The molecule has 0 fully saturated rings. The van der Waals surface area contributed by atoms with Gasteiger partial charge in [0.15, 0.2) is 0 Å². The van der Waals surface area contributed by atoms with Gasteiger partial charge in [-0.3, -0.25) is 5.10 Å².